The van der Waals surface area contributed by atoms with Gasteiger partial charge in [0, 0.05) is 18.3 Å². The van der Waals surface area contributed by atoms with Crippen LogP contribution in [0.3, 0.4) is 0 Å². The quantitative estimate of drug-likeness (QED) is 0.909. The lowest BCUT2D eigenvalue weighted by Crippen LogP contribution is -2.18. The zero-order valence-electron chi connectivity index (χ0n) is 11.6. The van der Waals surface area contributed by atoms with E-state index in [4.69, 9.17) is 5.73 Å². The van der Waals surface area contributed by atoms with Gasteiger partial charge in [-0.1, -0.05) is 6.07 Å². The largest absolute Gasteiger partial charge is 0.339 e. The molecule has 0 aliphatic carbocycles. The third-order valence-electron chi connectivity index (χ3n) is 3.24. The number of hydrogen-bond acceptors (Lipinski definition) is 2. The van der Waals surface area contributed by atoms with Crippen molar-refractivity contribution < 1.29 is 8.78 Å². The molecule has 0 saturated carbocycles. The van der Waals surface area contributed by atoms with E-state index in [2.05, 4.69) is 0 Å². The maximum absolute atomic E-state index is 14.2. The minimum absolute atomic E-state index is 0.209. The van der Waals surface area contributed by atoms with Crippen LogP contribution in [0.25, 0.3) is 0 Å². The molecular formula is C16H18F2N2. The Balaban J connectivity index is 2.39. The molecule has 1 atom stereocenters. The Morgan fingerprint density at radius 3 is 2.25 bits per heavy atom. The monoisotopic (exact) mass is 276 g/mol. The molecule has 2 rings (SSSR count). The van der Waals surface area contributed by atoms with Crippen molar-refractivity contribution in [3.63, 3.8) is 0 Å². The molecule has 20 heavy (non-hydrogen) atoms. The van der Waals surface area contributed by atoms with Crippen molar-refractivity contribution in [1.29, 1.82) is 0 Å². The van der Waals surface area contributed by atoms with Crippen LogP contribution in [0.5, 0.6) is 0 Å². The molecule has 1 unspecified atom stereocenters. The first-order valence-corrected chi connectivity index (χ1v) is 6.61. The zero-order valence-corrected chi connectivity index (χ0v) is 11.6. The average molecular weight is 276 g/mol. The Morgan fingerprint density at radius 1 is 1.10 bits per heavy atom. The minimum atomic E-state index is -0.328. The van der Waals surface area contributed by atoms with Crippen molar-refractivity contribution in [2.24, 2.45) is 5.73 Å². The molecule has 2 aromatic rings. The van der Waals surface area contributed by atoms with Gasteiger partial charge in [-0.2, -0.15) is 0 Å². The summed E-state index contributed by atoms with van der Waals surface area (Å²) in [5.41, 5.74) is 7.71. The summed E-state index contributed by atoms with van der Waals surface area (Å²) in [6.07, 6.45) is 0. The highest BCUT2D eigenvalue weighted by molar-refractivity contribution is 5.64. The molecule has 0 bridgehead atoms. The highest BCUT2D eigenvalue weighted by Gasteiger charge is 2.13. The topological polar surface area (TPSA) is 29.3 Å². The molecule has 0 heterocycles. The van der Waals surface area contributed by atoms with Crippen LogP contribution in [0.15, 0.2) is 42.5 Å². The summed E-state index contributed by atoms with van der Waals surface area (Å²) in [6.45, 7) is 4.31. The van der Waals surface area contributed by atoms with Gasteiger partial charge in [-0.25, -0.2) is 8.78 Å². The highest BCUT2D eigenvalue weighted by atomic mass is 19.1. The molecule has 0 aliphatic heterocycles. The number of rotatable bonds is 4. The number of benzene rings is 2. The minimum Gasteiger partial charge on any atom is -0.339 e. The molecule has 106 valence electrons. The summed E-state index contributed by atoms with van der Waals surface area (Å²) in [5.74, 6) is -0.636. The van der Waals surface area contributed by atoms with E-state index >= 15 is 0 Å². The second-order valence-electron chi connectivity index (χ2n) is 4.72. The molecular weight excluding hydrogens is 258 g/mol. The Hall–Kier alpha value is -1.94. The van der Waals surface area contributed by atoms with Gasteiger partial charge in [-0.05, 0) is 55.8 Å². The lowest BCUT2D eigenvalue weighted by Gasteiger charge is -2.24. The molecule has 2 nitrogen and oxygen atoms in total. The van der Waals surface area contributed by atoms with Crippen molar-refractivity contribution in [1.82, 2.24) is 0 Å². The van der Waals surface area contributed by atoms with E-state index < -0.39 is 0 Å². The van der Waals surface area contributed by atoms with Gasteiger partial charge < -0.3 is 10.6 Å². The zero-order chi connectivity index (χ0) is 14.7. The Labute approximate surface area is 117 Å². The van der Waals surface area contributed by atoms with Crippen LogP contribution < -0.4 is 10.6 Å². The molecule has 2 N–H and O–H groups in total. The van der Waals surface area contributed by atoms with Crippen LogP contribution in [0.2, 0.25) is 0 Å². The normalized spacial score (nSPS) is 12.2. The first-order chi connectivity index (χ1) is 9.52. The summed E-state index contributed by atoms with van der Waals surface area (Å²) in [6, 6.07) is 10.8. The number of hydrogen-bond donors (Lipinski definition) is 1. The van der Waals surface area contributed by atoms with Crippen molar-refractivity contribution in [2.45, 2.75) is 19.9 Å². The van der Waals surface area contributed by atoms with E-state index in [1.165, 1.54) is 18.2 Å². The lowest BCUT2D eigenvalue weighted by atomic mass is 10.1. The van der Waals surface area contributed by atoms with Gasteiger partial charge in [0.05, 0.1) is 5.69 Å². The van der Waals surface area contributed by atoms with Crippen LogP contribution in [-0.2, 0) is 0 Å². The fourth-order valence-corrected chi connectivity index (χ4v) is 2.14. The molecule has 0 amide bonds. The van der Waals surface area contributed by atoms with Gasteiger partial charge in [0.25, 0.3) is 0 Å². The van der Waals surface area contributed by atoms with Crippen LogP contribution in [0, 0.1) is 11.6 Å². The standard InChI is InChI=1S/C16H18F2N2/c1-3-20(14-7-5-13(17)6-8-14)16-9-4-12(11(2)19)10-15(16)18/h4-11H,3,19H2,1-2H3. The third-order valence-corrected chi connectivity index (χ3v) is 3.24. The van der Waals surface area contributed by atoms with Crippen molar-refractivity contribution >= 4 is 11.4 Å². The Kier molecular flexibility index (Phi) is 4.35. The molecule has 2 aromatic carbocycles. The number of nitrogens with two attached hydrogens (primary N) is 1. The highest BCUT2D eigenvalue weighted by Crippen LogP contribution is 2.29. The van der Waals surface area contributed by atoms with Crippen molar-refractivity contribution in [2.75, 3.05) is 11.4 Å². The third kappa shape index (κ3) is 2.96. The van der Waals surface area contributed by atoms with E-state index in [1.807, 2.05) is 19.9 Å². The van der Waals surface area contributed by atoms with Crippen LogP contribution in [-0.4, -0.2) is 6.54 Å². The summed E-state index contributed by atoms with van der Waals surface area (Å²) < 4.78 is 27.2. The van der Waals surface area contributed by atoms with Crippen LogP contribution in [0.1, 0.15) is 25.5 Å². The van der Waals surface area contributed by atoms with E-state index in [0.717, 1.165) is 11.3 Å². The molecule has 0 radical (unpaired) electrons. The van der Waals surface area contributed by atoms with Crippen LogP contribution >= 0.6 is 0 Å². The second kappa shape index (κ2) is 6.01. The smallest absolute Gasteiger partial charge is 0.147 e. The van der Waals surface area contributed by atoms with Gasteiger partial charge in [0.15, 0.2) is 0 Å². The van der Waals surface area contributed by atoms with E-state index in [1.54, 1.807) is 23.1 Å². The first-order valence-electron chi connectivity index (χ1n) is 6.61. The van der Waals surface area contributed by atoms with E-state index in [-0.39, 0.29) is 17.7 Å². The fourth-order valence-electron chi connectivity index (χ4n) is 2.14. The summed E-state index contributed by atoms with van der Waals surface area (Å²) in [4.78, 5) is 1.79. The average Bonchev–Trinajstić information content (AvgIpc) is 2.43. The second-order valence-corrected chi connectivity index (χ2v) is 4.72. The summed E-state index contributed by atoms with van der Waals surface area (Å²) in [7, 11) is 0. The van der Waals surface area contributed by atoms with E-state index in [9.17, 15) is 8.78 Å². The van der Waals surface area contributed by atoms with Crippen molar-refractivity contribution in [3.8, 4) is 0 Å². The Morgan fingerprint density at radius 2 is 1.75 bits per heavy atom. The van der Waals surface area contributed by atoms with E-state index in [0.29, 0.717) is 12.2 Å². The fraction of sp³-hybridized carbons (Fsp3) is 0.250. The molecule has 0 fully saturated rings. The molecule has 0 aromatic heterocycles. The summed E-state index contributed by atoms with van der Waals surface area (Å²) >= 11 is 0. The first kappa shape index (κ1) is 14.5. The Bertz CT molecular complexity index is 580. The maximum Gasteiger partial charge on any atom is 0.147 e. The molecule has 0 saturated heterocycles. The van der Waals surface area contributed by atoms with Gasteiger partial charge in [0.1, 0.15) is 11.6 Å². The number of nitrogens with zero attached hydrogens (tertiary/aromatic N) is 1. The molecule has 4 heteroatoms. The summed E-state index contributed by atoms with van der Waals surface area (Å²) in [5, 5.41) is 0. The van der Waals surface area contributed by atoms with Crippen LogP contribution in [0.4, 0.5) is 20.2 Å². The predicted octanol–water partition coefficient (Wildman–Crippen LogP) is 4.14. The van der Waals surface area contributed by atoms with Gasteiger partial charge in [-0.3, -0.25) is 0 Å². The number of anilines is 2. The molecule has 0 aliphatic rings. The number of halogens is 2. The molecule has 0 spiro atoms. The predicted molar refractivity (Wildman–Crippen MR) is 78.1 cm³/mol. The SMILES string of the molecule is CCN(c1ccc(F)cc1)c1ccc(C(C)N)cc1F. The van der Waals surface area contributed by atoms with Gasteiger partial charge in [-0.15, -0.1) is 0 Å². The maximum atomic E-state index is 14.2. The lowest BCUT2D eigenvalue weighted by molar-refractivity contribution is 0.619. The van der Waals surface area contributed by atoms with Crippen molar-refractivity contribution in [3.05, 3.63) is 59.7 Å². The van der Waals surface area contributed by atoms with Gasteiger partial charge in [0.2, 0.25) is 0 Å². The van der Waals surface area contributed by atoms with Gasteiger partial charge >= 0.3 is 0 Å².